The molecule has 0 aromatic heterocycles. The first-order chi connectivity index (χ1) is 10.1. The first kappa shape index (κ1) is 15.9. The molecule has 0 fully saturated rings. The number of benzene rings is 2. The Bertz CT molecular complexity index is 567. The quantitative estimate of drug-likeness (QED) is 0.488. The van der Waals surface area contributed by atoms with Gasteiger partial charge in [0.2, 0.25) is 0 Å². The topological polar surface area (TPSA) is 38.0 Å². The van der Waals surface area contributed by atoms with Gasteiger partial charge in [0.25, 0.3) is 0 Å². The summed E-state index contributed by atoms with van der Waals surface area (Å²) in [4.78, 5) is 1.11. The van der Waals surface area contributed by atoms with Crippen LogP contribution in [0, 0.1) is 18.6 Å². The van der Waals surface area contributed by atoms with E-state index in [9.17, 15) is 8.78 Å². The molecule has 0 spiro atoms. The summed E-state index contributed by atoms with van der Waals surface area (Å²) in [6, 6.07) is 11.8. The maximum Gasteiger partial charge on any atom is 0.129 e. The van der Waals surface area contributed by atoms with E-state index in [0.717, 1.165) is 4.90 Å². The molecule has 5 heteroatoms. The lowest BCUT2D eigenvalue weighted by Gasteiger charge is -2.16. The highest BCUT2D eigenvalue weighted by molar-refractivity contribution is 7.99. The third-order valence-electron chi connectivity index (χ3n) is 3.22. The Morgan fingerprint density at radius 1 is 1.10 bits per heavy atom. The third kappa shape index (κ3) is 4.52. The van der Waals surface area contributed by atoms with Crippen LogP contribution >= 0.6 is 11.8 Å². The van der Waals surface area contributed by atoms with Crippen molar-refractivity contribution in [3.8, 4) is 0 Å². The van der Waals surface area contributed by atoms with Gasteiger partial charge in [0.15, 0.2) is 0 Å². The molecule has 2 rings (SSSR count). The van der Waals surface area contributed by atoms with Gasteiger partial charge in [0.1, 0.15) is 11.6 Å². The van der Waals surface area contributed by atoms with E-state index < -0.39 is 11.6 Å². The highest BCUT2D eigenvalue weighted by Crippen LogP contribution is 2.21. The average Bonchev–Trinajstić information content (AvgIpc) is 2.48. The van der Waals surface area contributed by atoms with Crippen LogP contribution in [0.4, 0.5) is 8.78 Å². The SMILES string of the molecule is Cc1ccc(SCC(Cc2c(F)cccc2F)NN)cc1. The van der Waals surface area contributed by atoms with Crippen molar-refractivity contribution >= 4 is 11.8 Å². The summed E-state index contributed by atoms with van der Waals surface area (Å²) in [5.41, 5.74) is 3.90. The normalized spacial score (nSPS) is 12.4. The van der Waals surface area contributed by atoms with E-state index in [0.29, 0.717) is 5.75 Å². The number of aryl methyl sites for hydroxylation is 1. The molecule has 2 aromatic carbocycles. The minimum Gasteiger partial charge on any atom is -0.271 e. The van der Waals surface area contributed by atoms with E-state index in [2.05, 4.69) is 5.43 Å². The van der Waals surface area contributed by atoms with Crippen molar-refractivity contribution in [2.45, 2.75) is 24.3 Å². The van der Waals surface area contributed by atoms with E-state index >= 15 is 0 Å². The van der Waals surface area contributed by atoms with Crippen molar-refractivity contribution < 1.29 is 8.78 Å². The average molecular weight is 308 g/mol. The Labute approximate surface area is 127 Å². The fraction of sp³-hybridized carbons (Fsp3) is 0.250. The minimum absolute atomic E-state index is 0.0740. The number of hydrogen-bond acceptors (Lipinski definition) is 3. The van der Waals surface area contributed by atoms with Gasteiger partial charge in [-0.15, -0.1) is 11.8 Å². The first-order valence-electron chi connectivity index (χ1n) is 6.68. The van der Waals surface area contributed by atoms with Crippen LogP contribution in [0.1, 0.15) is 11.1 Å². The molecule has 0 amide bonds. The zero-order valence-corrected chi connectivity index (χ0v) is 12.6. The summed E-state index contributed by atoms with van der Waals surface area (Å²) in [7, 11) is 0. The van der Waals surface area contributed by atoms with Crippen molar-refractivity contribution in [2.24, 2.45) is 5.84 Å². The van der Waals surface area contributed by atoms with Crippen LogP contribution in [0.3, 0.4) is 0 Å². The Balaban J connectivity index is 1.98. The molecule has 1 atom stereocenters. The van der Waals surface area contributed by atoms with E-state index in [1.54, 1.807) is 11.8 Å². The second-order valence-electron chi connectivity index (χ2n) is 4.89. The molecular formula is C16H18F2N2S. The summed E-state index contributed by atoms with van der Waals surface area (Å²) in [6.07, 6.45) is 0.216. The van der Waals surface area contributed by atoms with Crippen molar-refractivity contribution in [1.29, 1.82) is 0 Å². The van der Waals surface area contributed by atoms with E-state index in [1.807, 2.05) is 31.2 Å². The number of nitrogens with one attached hydrogen (secondary N) is 1. The van der Waals surface area contributed by atoms with Crippen LogP contribution in [-0.2, 0) is 6.42 Å². The van der Waals surface area contributed by atoms with Crippen LogP contribution in [0.25, 0.3) is 0 Å². The van der Waals surface area contributed by atoms with Crippen LogP contribution in [-0.4, -0.2) is 11.8 Å². The molecular weight excluding hydrogens is 290 g/mol. The lowest BCUT2D eigenvalue weighted by Crippen LogP contribution is -2.39. The number of halogens is 2. The smallest absolute Gasteiger partial charge is 0.129 e. The van der Waals surface area contributed by atoms with Crippen molar-refractivity contribution in [3.63, 3.8) is 0 Å². The summed E-state index contributed by atoms with van der Waals surface area (Å²) < 4.78 is 27.3. The Kier molecular flexibility index (Phi) is 5.73. The van der Waals surface area contributed by atoms with Crippen LogP contribution in [0.5, 0.6) is 0 Å². The van der Waals surface area contributed by atoms with Gasteiger partial charge in [0.05, 0.1) is 0 Å². The molecule has 0 aliphatic heterocycles. The maximum absolute atomic E-state index is 13.6. The Morgan fingerprint density at radius 2 is 1.71 bits per heavy atom. The van der Waals surface area contributed by atoms with Gasteiger partial charge in [-0.05, 0) is 37.6 Å². The Morgan fingerprint density at radius 3 is 2.29 bits per heavy atom. The largest absolute Gasteiger partial charge is 0.271 e. The minimum atomic E-state index is -0.532. The fourth-order valence-corrected chi connectivity index (χ4v) is 2.91. The monoisotopic (exact) mass is 308 g/mol. The summed E-state index contributed by atoms with van der Waals surface area (Å²) >= 11 is 1.61. The van der Waals surface area contributed by atoms with Crippen molar-refractivity contribution in [2.75, 3.05) is 5.75 Å². The maximum atomic E-state index is 13.6. The van der Waals surface area contributed by atoms with Crippen molar-refractivity contribution in [3.05, 3.63) is 65.2 Å². The summed E-state index contributed by atoms with van der Waals surface area (Å²) in [5.74, 6) is 5.07. The highest BCUT2D eigenvalue weighted by Gasteiger charge is 2.15. The molecule has 2 nitrogen and oxygen atoms in total. The van der Waals surface area contributed by atoms with Gasteiger partial charge < -0.3 is 0 Å². The van der Waals surface area contributed by atoms with Gasteiger partial charge in [-0.25, -0.2) is 8.78 Å². The van der Waals surface area contributed by atoms with Crippen LogP contribution in [0.15, 0.2) is 47.4 Å². The first-order valence-corrected chi connectivity index (χ1v) is 7.67. The molecule has 0 aliphatic carbocycles. The van der Waals surface area contributed by atoms with Gasteiger partial charge in [-0.3, -0.25) is 11.3 Å². The lowest BCUT2D eigenvalue weighted by molar-refractivity contribution is 0.512. The van der Waals surface area contributed by atoms with Crippen LogP contribution in [0.2, 0.25) is 0 Å². The van der Waals surface area contributed by atoms with Crippen molar-refractivity contribution in [1.82, 2.24) is 5.43 Å². The predicted octanol–water partition coefficient (Wildman–Crippen LogP) is 3.44. The number of nitrogens with two attached hydrogens (primary N) is 1. The van der Waals surface area contributed by atoms with E-state index in [-0.39, 0.29) is 18.0 Å². The molecule has 0 saturated heterocycles. The molecule has 1 unspecified atom stereocenters. The molecule has 0 saturated carbocycles. The molecule has 0 bridgehead atoms. The van der Waals surface area contributed by atoms with E-state index in [1.165, 1.54) is 23.8 Å². The second kappa shape index (κ2) is 7.54. The molecule has 3 N–H and O–H groups in total. The molecule has 21 heavy (non-hydrogen) atoms. The number of thioether (sulfide) groups is 1. The van der Waals surface area contributed by atoms with E-state index in [4.69, 9.17) is 5.84 Å². The zero-order valence-electron chi connectivity index (χ0n) is 11.8. The molecule has 112 valence electrons. The molecule has 0 heterocycles. The Hall–Kier alpha value is -1.43. The van der Waals surface area contributed by atoms with Gasteiger partial charge in [0, 0.05) is 22.3 Å². The number of hydrazine groups is 1. The lowest BCUT2D eigenvalue weighted by atomic mass is 10.1. The number of hydrogen-bond donors (Lipinski definition) is 2. The molecule has 2 aromatic rings. The fourth-order valence-electron chi connectivity index (χ4n) is 1.97. The van der Waals surface area contributed by atoms with Crippen LogP contribution < -0.4 is 11.3 Å². The predicted molar refractivity (Wildman–Crippen MR) is 83.1 cm³/mol. The second-order valence-corrected chi connectivity index (χ2v) is 5.99. The molecule has 0 radical (unpaired) electrons. The number of rotatable bonds is 6. The zero-order chi connectivity index (χ0) is 15.2. The highest BCUT2D eigenvalue weighted by atomic mass is 32.2. The molecule has 0 aliphatic rings. The van der Waals surface area contributed by atoms with Gasteiger partial charge in [-0.2, -0.15) is 0 Å². The summed E-state index contributed by atoms with van der Waals surface area (Å²) in [5, 5.41) is 0. The standard InChI is InChI=1S/C16H18F2N2S/c1-11-5-7-13(8-6-11)21-10-12(20-19)9-14-15(17)3-2-4-16(14)18/h2-8,12,20H,9-10,19H2,1H3. The third-order valence-corrected chi connectivity index (χ3v) is 4.39. The van der Waals surface area contributed by atoms with Gasteiger partial charge >= 0.3 is 0 Å². The summed E-state index contributed by atoms with van der Waals surface area (Å²) in [6.45, 7) is 2.03. The van der Waals surface area contributed by atoms with Gasteiger partial charge in [-0.1, -0.05) is 23.8 Å².